The minimum absolute atomic E-state index is 0.290. The molecule has 3 heteroatoms. The lowest BCUT2D eigenvalue weighted by atomic mass is 9.93. The van der Waals surface area contributed by atoms with Crippen LogP contribution >= 0.6 is 11.6 Å². The Hall–Kier alpha value is -0.570. The van der Waals surface area contributed by atoms with Crippen molar-refractivity contribution in [3.05, 3.63) is 34.9 Å². The third kappa shape index (κ3) is 6.95. The zero-order valence-corrected chi connectivity index (χ0v) is 13.2. The molecule has 0 saturated carbocycles. The van der Waals surface area contributed by atoms with E-state index in [1.54, 1.807) is 7.11 Å². The lowest BCUT2D eigenvalue weighted by molar-refractivity contribution is 0.0942. The van der Waals surface area contributed by atoms with Crippen molar-refractivity contribution in [2.75, 3.05) is 13.7 Å². The first-order valence-corrected chi connectivity index (χ1v) is 7.39. The zero-order valence-electron chi connectivity index (χ0n) is 12.4. The van der Waals surface area contributed by atoms with E-state index in [1.807, 2.05) is 12.1 Å². The summed E-state index contributed by atoms with van der Waals surface area (Å²) >= 11 is 6.05. The highest BCUT2D eigenvalue weighted by Gasteiger charge is 2.14. The molecule has 1 rings (SSSR count). The molecule has 0 fully saturated rings. The Morgan fingerprint density at radius 3 is 2.58 bits per heavy atom. The fourth-order valence-electron chi connectivity index (χ4n) is 2.20. The van der Waals surface area contributed by atoms with Crippen LogP contribution in [0.4, 0.5) is 0 Å². The number of rotatable bonds is 8. The molecule has 2 unspecified atom stereocenters. The number of benzene rings is 1. The van der Waals surface area contributed by atoms with Gasteiger partial charge < -0.3 is 10.1 Å². The van der Waals surface area contributed by atoms with Gasteiger partial charge >= 0.3 is 0 Å². The van der Waals surface area contributed by atoms with E-state index in [2.05, 4.69) is 38.2 Å². The molecule has 2 nitrogen and oxygen atoms in total. The van der Waals surface area contributed by atoms with Crippen molar-refractivity contribution in [3.63, 3.8) is 0 Å². The molecular formula is C16H26ClNO. The standard InChI is InChI=1S/C16H26ClNO/c1-12(2)18-11-15(8-13(3)19-4)9-14-6-5-7-16(17)10-14/h5-7,10,12-13,15,18H,8-9,11H2,1-4H3. The lowest BCUT2D eigenvalue weighted by Crippen LogP contribution is -2.31. The number of ether oxygens (including phenoxy) is 1. The summed E-state index contributed by atoms with van der Waals surface area (Å²) in [5.74, 6) is 0.566. The quantitative estimate of drug-likeness (QED) is 0.781. The summed E-state index contributed by atoms with van der Waals surface area (Å²) in [5.41, 5.74) is 1.30. The third-order valence-corrected chi connectivity index (χ3v) is 3.53. The SMILES string of the molecule is COC(C)CC(CNC(C)C)Cc1cccc(Cl)c1. The van der Waals surface area contributed by atoms with Gasteiger partial charge in [-0.15, -0.1) is 0 Å². The first-order valence-electron chi connectivity index (χ1n) is 7.02. The van der Waals surface area contributed by atoms with E-state index < -0.39 is 0 Å². The Kier molecular flexibility index (Phi) is 7.44. The molecular weight excluding hydrogens is 258 g/mol. The molecule has 0 aliphatic heterocycles. The van der Waals surface area contributed by atoms with Gasteiger partial charge in [-0.25, -0.2) is 0 Å². The molecule has 0 aliphatic rings. The molecule has 108 valence electrons. The van der Waals surface area contributed by atoms with Gasteiger partial charge in [0.15, 0.2) is 0 Å². The first kappa shape index (κ1) is 16.5. The van der Waals surface area contributed by atoms with Crippen LogP contribution in [0.25, 0.3) is 0 Å². The van der Waals surface area contributed by atoms with Crippen molar-refractivity contribution < 1.29 is 4.74 Å². The van der Waals surface area contributed by atoms with Crippen LogP contribution in [0, 0.1) is 5.92 Å². The second kappa shape index (κ2) is 8.57. The summed E-state index contributed by atoms with van der Waals surface area (Å²) in [5, 5.41) is 4.33. The van der Waals surface area contributed by atoms with E-state index in [0.29, 0.717) is 12.0 Å². The molecule has 0 amide bonds. The third-order valence-electron chi connectivity index (χ3n) is 3.30. The fourth-order valence-corrected chi connectivity index (χ4v) is 2.42. The van der Waals surface area contributed by atoms with Crippen LogP contribution in [0.15, 0.2) is 24.3 Å². The second-order valence-electron chi connectivity index (χ2n) is 5.55. The maximum absolute atomic E-state index is 6.05. The monoisotopic (exact) mass is 283 g/mol. The molecule has 0 aromatic heterocycles. The Balaban J connectivity index is 2.61. The Labute approximate surface area is 122 Å². The molecule has 1 aromatic rings. The minimum atomic E-state index is 0.290. The van der Waals surface area contributed by atoms with Crippen molar-refractivity contribution in [3.8, 4) is 0 Å². The normalized spacial score (nSPS) is 14.6. The number of hydrogen-bond donors (Lipinski definition) is 1. The van der Waals surface area contributed by atoms with Gasteiger partial charge in [0.05, 0.1) is 6.10 Å². The summed E-state index contributed by atoms with van der Waals surface area (Å²) in [7, 11) is 1.77. The molecule has 0 spiro atoms. The van der Waals surface area contributed by atoms with Crippen LogP contribution in [-0.2, 0) is 11.2 Å². The van der Waals surface area contributed by atoms with Crippen molar-refractivity contribution in [1.82, 2.24) is 5.32 Å². The van der Waals surface area contributed by atoms with Crippen molar-refractivity contribution in [1.29, 1.82) is 0 Å². The van der Waals surface area contributed by atoms with Gasteiger partial charge in [0.2, 0.25) is 0 Å². The van der Waals surface area contributed by atoms with Gasteiger partial charge in [-0.2, -0.15) is 0 Å². The number of methoxy groups -OCH3 is 1. The maximum Gasteiger partial charge on any atom is 0.0546 e. The molecule has 19 heavy (non-hydrogen) atoms. The largest absolute Gasteiger partial charge is 0.382 e. The van der Waals surface area contributed by atoms with Gasteiger partial charge in [-0.1, -0.05) is 37.6 Å². The zero-order chi connectivity index (χ0) is 14.3. The van der Waals surface area contributed by atoms with Crippen LogP contribution in [-0.4, -0.2) is 25.8 Å². The average Bonchev–Trinajstić information content (AvgIpc) is 2.35. The molecule has 2 atom stereocenters. The fraction of sp³-hybridized carbons (Fsp3) is 0.625. The maximum atomic E-state index is 6.05. The van der Waals surface area contributed by atoms with Crippen molar-refractivity contribution in [2.24, 2.45) is 5.92 Å². The van der Waals surface area contributed by atoms with E-state index in [1.165, 1.54) is 5.56 Å². The molecule has 0 heterocycles. The molecule has 0 saturated heterocycles. The molecule has 1 N–H and O–H groups in total. The predicted molar refractivity (Wildman–Crippen MR) is 82.9 cm³/mol. The van der Waals surface area contributed by atoms with Gasteiger partial charge in [0.1, 0.15) is 0 Å². The molecule has 0 aliphatic carbocycles. The molecule has 0 radical (unpaired) electrons. The Bertz CT molecular complexity index is 368. The van der Waals surface area contributed by atoms with Gasteiger partial charge in [-0.05, 0) is 49.9 Å². The van der Waals surface area contributed by atoms with Crippen LogP contribution in [0.2, 0.25) is 5.02 Å². The van der Waals surface area contributed by atoms with Crippen molar-refractivity contribution >= 4 is 11.6 Å². The first-order chi connectivity index (χ1) is 9.01. The van der Waals surface area contributed by atoms with E-state index >= 15 is 0 Å². The summed E-state index contributed by atoms with van der Waals surface area (Å²) in [6.45, 7) is 7.49. The summed E-state index contributed by atoms with van der Waals surface area (Å²) in [4.78, 5) is 0. The summed E-state index contributed by atoms with van der Waals surface area (Å²) in [6, 6.07) is 8.65. The molecule has 0 bridgehead atoms. The van der Waals surface area contributed by atoms with Crippen molar-refractivity contribution in [2.45, 2.75) is 45.8 Å². The van der Waals surface area contributed by atoms with Crippen LogP contribution in [0.5, 0.6) is 0 Å². The topological polar surface area (TPSA) is 21.3 Å². The van der Waals surface area contributed by atoms with Crippen LogP contribution in [0.3, 0.4) is 0 Å². The van der Waals surface area contributed by atoms with Crippen LogP contribution in [0.1, 0.15) is 32.8 Å². The Morgan fingerprint density at radius 1 is 1.26 bits per heavy atom. The van der Waals surface area contributed by atoms with Crippen LogP contribution < -0.4 is 5.32 Å². The van der Waals surface area contributed by atoms with E-state index in [4.69, 9.17) is 16.3 Å². The van der Waals surface area contributed by atoms with E-state index in [0.717, 1.165) is 24.4 Å². The van der Waals surface area contributed by atoms with Gasteiger partial charge in [-0.3, -0.25) is 0 Å². The second-order valence-corrected chi connectivity index (χ2v) is 5.98. The number of nitrogens with one attached hydrogen (secondary N) is 1. The Morgan fingerprint density at radius 2 is 2.00 bits per heavy atom. The smallest absolute Gasteiger partial charge is 0.0546 e. The van der Waals surface area contributed by atoms with Gasteiger partial charge in [0, 0.05) is 18.2 Å². The highest BCUT2D eigenvalue weighted by Crippen LogP contribution is 2.18. The van der Waals surface area contributed by atoms with E-state index in [9.17, 15) is 0 Å². The average molecular weight is 284 g/mol. The summed E-state index contributed by atoms with van der Waals surface area (Å²) in [6.07, 6.45) is 2.38. The van der Waals surface area contributed by atoms with E-state index in [-0.39, 0.29) is 6.10 Å². The number of hydrogen-bond acceptors (Lipinski definition) is 2. The summed E-state index contributed by atoms with van der Waals surface area (Å²) < 4.78 is 5.40. The highest BCUT2D eigenvalue weighted by atomic mass is 35.5. The number of halogens is 1. The lowest BCUT2D eigenvalue weighted by Gasteiger charge is -2.22. The predicted octanol–water partition coefficient (Wildman–Crippen LogP) is 3.92. The molecule has 1 aromatic carbocycles. The minimum Gasteiger partial charge on any atom is -0.382 e. The highest BCUT2D eigenvalue weighted by molar-refractivity contribution is 6.30. The van der Waals surface area contributed by atoms with Gasteiger partial charge in [0.25, 0.3) is 0 Å².